The molecule has 1 rings (SSSR count). The summed E-state index contributed by atoms with van der Waals surface area (Å²) in [5.41, 5.74) is 5.35. The van der Waals surface area contributed by atoms with Crippen LogP contribution in [-0.4, -0.2) is 31.2 Å². The fourth-order valence-corrected chi connectivity index (χ4v) is 2.20. The average Bonchev–Trinajstić information content (AvgIpc) is 2.68. The van der Waals surface area contributed by atoms with Crippen molar-refractivity contribution in [2.24, 2.45) is 11.1 Å². The number of hydrogen-bond acceptors (Lipinski definition) is 3. The zero-order valence-electron chi connectivity index (χ0n) is 10.6. The highest BCUT2D eigenvalue weighted by Gasteiger charge is 2.36. The fraction of sp³-hybridized carbons (Fsp3) is 0.917. The smallest absolute Gasteiger partial charge is 0.227 e. The van der Waals surface area contributed by atoms with Crippen molar-refractivity contribution in [3.05, 3.63) is 0 Å². The third-order valence-corrected chi connectivity index (χ3v) is 3.92. The molecular weight excluding hydrogens is 204 g/mol. The van der Waals surface area contributed by atoms with Crippen LogP contribution in [0.4, 0.5) is 0 Å². The number of nitrogens with one attached hydrogen (secondary N) is 1. The molecule has 1 amide bonds. The molecule has 0 aromatic heterocycles. The predicted molar refractivity (Wildman–Crippen MR) is 64.0 cm³/mol. The quantitative estimate of drug-likeness (QED) is 0.739. The lowest BCUT2D eigenvalue weighted by Crippen LogP contribution is -2.50. The Morgan fingerprint density at radius 3 is 2.50 bits per heavy atom. The minimum Gasteiger partial charge on any atom is -0.376 e. The van der Waals surface area contributed by atoms with Crippen LogP contribution in [0.5, 0.6) is 0 Å². The van der Waals surface area contributed by atoms with E-state index in [0.29, 0.717) is 6.54 Å². The van der Waals surface area contributed by atoms with Gasteiger partial charge in [0.15, 0.2) is 0 Å². The van der Waals surface area contributed by atoms with Gasteiger partial charge in [-0.1, -0.05) is 13.8 Å². The first-order valence-electron chi connectivity index (χ1n) is 6.22. The van der Waals surface area contributed by atoms with Crippen molar-refractivity contribution < 1.29 is 9.53 Å². The van der Waals surface area contributed by atoms with Gasteiger partial charge < -0.3 is 15.8 Å². The zero-order chi connectivity index (χ0) is 12.2. The van der Waals surface area contributed by atoms with Crippen molar-refractivity contribution in [2.75, 3.05) is 13.2 Å². The van der Waals surface area contributed by atoms with E-state index in [1.165, 1.54) is 0 Å². The first-order valence-corrected chi connectivity index (χ1v) is 6.22. The monoisotopic (exact) mass is 228 g/mol. The topological polar surface area (TPSA) is 64.4 Å². The number of carbonyl (C=O) groups excluding carboxylic acids is 1. The Labute approximate surface area is 97.9 Å². The molecule has 4 nitrogen and oxygen atoms in total. The molecule has 94 valence electrons. The Kier molecular flexibility index (Phi) is 4.74. The molecule has 1 saturated heterocycles. The van der Waals surface area contributed by atoms with Crippen LogP contribution in [0.25, 0.3) is 0 Å². The van der Waals surface area contributed by atoms with E-state index in [4.69, 9.17) is 10.5 Å². The molecule has 0 aromatic carbocycles. The van der Waals surface area contributed by atoms with Gasteiger partial charge in [0, 0.05) is 13.2 Å². The molecule has 0 aliphatic carbocycles. The molecule has 0 bridgehead atoms. The highest BCUT2D eigenvalue weighted by Crippen LogP contribution is 2.26. The SMILES string of the molecule is CCC(CC)(CN)C(=O)NC1CCOC1C. The molecule has 1 aliphatic rings. The van der Waals surface area contributed by atoms with Crippen molar-refractivity contribution in [2.45, 2.75) is 52.2 Å². The molecule has 4 heteroatoms. The lowest BCUT2D eigenvalue weighted by molar-refractivity contribution is -0.132. The second-order valence-corrected chi connectivity index (χ2v) is 4.64. The molecule has 3 N–H and O–H groups in total. The van der Waals surface area contributed by atoms with E-state index in [-0.39, 0.29) is 18.1 Å². The van der Waals surface area contributed by atoms with Crippen molar-refractivity contribution in [1.82, 2.24) is 5.32 Å². The Bertz CT molecular complexity index is 231. The normalized spacial score (nSPS) is 25.8. The van der Waals surface area contributed by atoms with E-state index in [0.717, 1.165) is 25.9 Å². The van der Waals surface area contributed by atoms with Crippen LogP contribution < -0.4 is 11.1 Å². The van der Waals surface area contributed by atoms with E-state index in [1.807, 2.05) is 20.8 Å². The van der Waals surface area contributed by atoms with Gasteiger partial charge in [-0.2, -0.15) is 0 Å². The van der Waals surface area contributed by atoms with Gasteiger partial charge in [-0.25, -0.2) is 0 Å². The van der Waals surface area contributed by atoms with Gasteiger partial charge >= 0.3 is 0 Å². The van der Waals surface area contributed by atoms with E-state index >= 15 is 0 Å². The first-order chi connectivity index (χ1) is 7.59. The molecule has 2 atom stereocenters. The highest BCUT2D eigenvalue weighted by atomic mass is 16.5. The lowest BCUT2D eigenvalue weighted by Gasteiger charge is -2.30. The molecule has 1 heterocycles. The Morgan fingerprint density at radius 2 is 2.12 bits per heavy atom. The van der Waals surface area contributed by atoms with Crippen molar-refractivity contribution >= 4 is 5.91 Å². The van der Waals surface area contributed by atoms with Gasteiger partial charge in [-0.3, -0.25) is 4.79 Å². The largest absolute Gasteiger partial charge is 0.376 e. The minimum absolute atomic E-state index is 0.0855. The zero-order valence-corrected chi connectivity index (χ0v) is 10.6. The van der Waals surface area contributed by atoms with Crippen LogP contribution in [0.3, 0.4) is 0 Å². The number of carbonyl (C=O) groups is 1. The van der Waals surface area contributed by atoms with Crippen LogP contribution in [0.15, 0.2) is 0 Å². The van der Waals surface area contributed by atoms with E-state index in [9.17, 15) is 4.79 Å². The molecule has 0 radical (unpaired) electrons. The highest BCUT2D eigenvalue weighted by molar-refractivity contribution is 5.83. The molecule has 16 heavy (non-hydrogen) atoms. The first kappa shape index (κ1) is 13.5. The lowest BCUT2D eigenvalue weighted by atomic mass is 9.81. The van der Waals surface area contributed by atoms with Gasteiger partial charge in [-0.15, -0.1) is 0 Å². The molecule has 1 fully saturated rings. The van der Waals surface area contributed by atoms with E-state index < -0.39 is 5.41 Å². The van der Waals surface area contributed by atoms with Crippen LogP contribution in [0, 0.1) is 5.41 Å². The number of ether oxygens (including phenoxy) is 1. The summed E-state index contributed by atoms with van der Waals surface area (Å²) in [6.45, 7) is 7.18. The van der Waals surface area contributed by atoms with Crippen LogP contribution in [0.2, 0.25) is 0 Å². The summed E-state index contributed by atoms with van der Waals surface area (Å²) in [5, 5.41) is 3.08. The maximum atomic E-state index is 12.2. The number of hydrogen-bond donors (Lipinski definition) is 2. The third kappa shape index (κ3) is 2.55. The fourth-order valence-electron chi connectivity index (χ4n) is 2.20. The standard InChI is InChI=1S/C12H24N2O2/c1-4-12(5-2,8-13)11(15)14-10-6-7-16-9(10)3/h9-10H,4-8,13H2,1-3H3,(H,14,15). The molecule has 1 aliphatic heterocycles. The minimum atomic E-state index is -0.400. The molecule has 0 spiro atoms. The molecule has 0 aromatic rings. The summed E-state index contributed by atoms with van der Waals surface area (Å²) in [6.07, 6.45) is 2.59. The maximum absolute atomic E-state index is 12.2. The third-order valence-electron chi connectivity index (χ3n) is 3.92. The van der Waals surface area contributed by atoms with E-state index in [2.05, 4.69) is 5.32 Å². The van der Waals surface area contributed by atoms with Crippen LogP contribution in [-0.2, 0) is 9.53 Å². The summed E-state index contributed by atoms with van der Waals surface area (Å²) in [6, 6.07) is 0.150. The summed E-state index contributed by atoms with van der Waals surface area (Å²) in [5.74, 6) is 0.0855. The van der Waals surface area contributed by atoms with Crippen molar-refractivity contribution in [3.63, 3.8) is 0 Å². The van der Waals surface area contributed by atoms with Crippen LogP contribution in [0.1, 0.15) is 40.0 Å². The summed E-state index contributed by atoms with van der Waals surface area (Å²) < 4.78 is 5.43. The van der Waals surface area contributed by atoms with Gasteiger partial charge in [0.05, 0.1) is 17.6 Å². The predicted octanol–water partition coefficient (Wildman–Crippen LogP) is 1.05. The summed E-state index contributed by atoms with van der Waals surface area (Å²) in [7, 11) is 0. The number of nitrogens with two attached hydrogens (primary N) is 1. The number of amides is 1. The average molecular weight is 228 g/mol. The summed E-state index contributed by atoms with van der Waals surface area (Å²) >= 11 is 0. The van der Waals surface area contributed by atoms with Gasteiger partial charge in [0.2, 0.25) is 5.91 Å². The number of rotatable bonds is 5. The van der Waals surface area contributed by atoms with Crippen LogP contribution >= 0.6 is 0 Å². The van der Waals surface area contributed by atoms with Gasteiger partial charge in [0.25, 0.3) is 0 Å². The van der Waals surface area contributed by atoms with Crippen molar-refractivity contribution in [1.29, 1.82) is 0 Å². The van der Waals surface area contributed by atoms with E-state index in [1.54, 1.807) is 0 Å². The van der Waals surface area contributed by atoms with Gasteiger partial charge in [-0.05, 0) is 26.2 Å². The second-order valence-electron chi connectivity index (χ2n) is 4.64. The molecule has 2 unspecified atom stereocenters. The Hall–Kier alpha value is -0.610. The summed E-state index contributed by atoms with van der Waals surface area (Å²) in [4.78, 5) is 12.2. The van der Waals surface area contributed by atoms with Crippen molar-refractivity contribution in [3.8, 4) is 0 Å². The Balaban J connectivity index is 2.62. The maximum Gasteiger partial charge on any atom is 0.227 e. The molecular formula is C12H24N2O2. The van der Waals surface area contributed by atoms with Gasteiger partial charge in [0.1, 0.15) is 0 Å². The Morgan fingerprint density at radius 1 is 1.50 bits per heavy atom. The molecule has 0 saturated carbocycles. The second kappa shape index (κ2) is 5.64.